The van der Waals surface area contributed by atoms with Crippen LogP contribution < -0.4 is 31.7 Å². The normalized spacial score (nSPS) is 12.9. The first kappa shape index (κ1) is 65.8. The molecule has 0 spiro atoms. The first-order valence-corrected chi connectivity index (χ1v) is 27.2. The van der Waals surface area contributed by atoms with Crippen LogP contribution in [0.3, 0.4) is 0 Å². The molecule has 72 heavy (non-hydrogen) atoms. The number of aldehydes is 1. The zero-order valence-electron chi connectivity index (χ0n) is 44.2. The average Bonchev–Trinajstić information content (AvgIpc) is 3.36. The van der Waals surface area contributed by atoms with E-state index in [2.05, 4.69) is 35.1 Å². The lowest BCUT2D eigenvalue weighted by molar-refractivity contribution is -0.142. The molecule has 0 aromatic heterocycles. The molecule has 3 atom stereocenters. The van der Waals surface area contributed by atoms with Crippen molar-refractivity contribution < 1.29 is 62.7 Å². The van der Waals surface area contributed by atoms with Gasteiger partial charge in [-0.15, -0.1) is 0 Å². The van der Waals surface area contributed by atoms with Crippen molar-refractivity contribution in [3.05, 3.63) is 29.8 Å². The zero-order chi connectivity index (χ0) is 52.8. The summed E-state index contributed by atoms with van der Waals surface area (Å²) in [6, 6.07) is 4.75. The molecule has 0 bridgehead atoms. The SMILES string of the molecule is CCCCCCCCCCCCCCC(C)(NCCCC[C@H](N)C=O)OCCOCCNC(=O)COCCOCCNC(=O)CC[C@H](NC(=O)CCCCCCCCCOc1ccc(C(=O)O)cc1)C(=O)O. The molecule has 8 N–H and O–H groups in total. The summed E-state index contributed by atoms with van der Waals surface area (Å²) < 4.78 is 28.5. The van der Waals surface area contributed by atoms with Gasteiger partial charge in [-0.3, -0.25) is 19.7 Å². The number of nitrogens with one attached hydrogen (secondary N) is 4. The summed E-state index contributed by atoms with van der Waals surface area (Å²) in [6.45, 7) is 7.79. The molecule has 0 fully saturated rings. The van der Waals surface area contributed by atoms with Gasteiger partial charge in [-0.05, 0) is 82.7 Å². The molecule has 18 nitrogen and oxygen atoms in total. The molecule has 1 rings (SSSR count). The van der Waals surface area contributed by atoms with Crippen LogP contribution in [0.1, 0.15) is 191 Å². The smallest absolute Gasteiger partial charge is 0.335 e. The van der Waals surface area contributed by atoms with Crippen molar-refractivity contribution in [2.45, 2.75) is 199 Å². The van der Waals surface area contributed by atoms with Crippen LogP contribution in [0.5, 0.6) is 5.75 Å². The Bertz CT molecular complexity index is 1560. The first-order valence-electron chi connectivity index (χ1n) is 27.2. The van der Waals surface area contributed by atoms with Gasteiger partial charge in [0.1, 0.15) is 30.4 Å². The van der Waals surface area contributed by atoms with Crippen molar-refractivity contribution in [2.75, 3.05) is 72.5 Å². The Morgan fingerprint density at radius 3 is 1.75 bits per heavy atom. The Kier molecular flexibility index (Phi) is 41.5. The molecular formula is C54H95N5O13. The number of ether oxygens (including phenoxy) is 5. The molecule has 0 aliphatic heterocycles. The van der Waals surface area contributed by atoms with Crippen LogP contribution in [0.25, 0.3) is 0 Å². The summed E-state index contributed by atoms with van der Waals surface area (Å²) in [5, 5.41) is 30.1. The molecule has 0 saturated heterocycles. The Labute approximate surface area is 431 Å². The molecule has 0 aliphatic carbocycles. The van der Waals surface area contributed by atoms with Gasteiger partial charge in [-0.1, -0.05) is 116 Å². The second-order valence-corrected chi connectivity index (χ2v) is 18.8. The van der Waals surface area contributed by atoms with Crippen LogP contribution >= 0.6 is 0 Å². The lowest BCUT2D eigenvalue weighted by Crippen LogP contribution is -2.46. The number of carbonyl (C=O) groups excluding carboxylic acids is 4. The third kappa shape index (κ3) is 39.3. The number of unbranched alkanes of at least 4 members (excludes halogenated alkanes) is 18. The number of hydrogen-bond acceptors (Lipinski definition) is 13. The monoisotopic (exact) mass is 1020 g/mol. The molecule has 1 unspecified atom stereocenters. The summed E-state index contributed by atoms with van der Waals surface area (Å²) >= 11 is 0. The first-order chi connectivity index (χ1) is 34.9. The maximum Gasteiger partial charge on any atom is 0.335 e. The van der Waals surface area contributed by atoms with Gasteiger partial charge >= 0.3 is 11.9 Å². The molecule has 3 amide bonds. The fraction of sp³-hybridized carbons (Fsp3) is 0.778. The summed E-state index contributed by atoms with van der Waals surface area (Å²) in [7, 11) is 0. The summed E-state index contributed by atoms with van der Waals surface area (Å²) in [5.41, 5.74) is 5.48. The summed E-state index contributed by atoms with van der Waals surface area (Å²) in [5.74, 6) is -2.52. The van der Waals surface area contributed by atoms with E-state index in [1.54, 1.807) is 12.1 Å². The van der Waals surface area contributed by atoms with Crippen molar-refractivity contribution in [1.29, 1.82) is 0 Å². The van der Waals surface area contributed by atoms with Crippen molar-refractivity contribution in [2.24, 2.45) is 5.73 Å². The maximum absolute atomic E-state index is 12.4. The topological polar surface area (TPSA) is 263 Å². The van der Waals surface area contributed by atoms with Gasteiger partial charge in [-0.2, -0.15) is 0 Å². The van der Waals surface area contributed by atoms with Crippen LogP contribution in [0.2, 0.25) is 0 Å². The highest BCUT2D eigenvalue weighted by molar-refractivity contribution is 5.87. The highest BCUT2D eigenvalue weighted by atomic mass is 16.5. The van der Waals surface area contributed by atoms with Crippen molar-refractivity contribution in [1.82, 2.24) is 21.3 Å². The minimum atomic E-state index is -1.20. The number of nitrogens with two attached hydrogens (primary N) is 1. The number of amides is 3. The van der Waals surface area contributed by atoms with Crippen LogP contribution in [0, 0.1) is 0 Å². The van der Waals surface area contributed by atoms with Gasteiger partial charge in [0.25, 0.3) is 0 Å². The number of aliphatic carboxylic acids is 1. The molecule has 414 valence electrons. The van der Waals surface area contributed by atoms with E-state index in [-0.39, 0.29) is 75.5 Å². The molecule has 1 aromatic rings. The van der Waals surface area contributed by atoms with Gasteiger partial charge in [0, 0.05) is 25.9 Å². The van der Waals surface area contributed by atoms with E-state index < -0.39 is 29.7 Å². The zero-order valence-corrected chi connectivity index (χ0v) is 44.2. The Morgan fingerprint density at radius 1 is 0.597 bits per heavy atom. The molecule has 18 heteroatoms. The van der Waals surface area contributed by atoms with Gasteiger partial charge in [-0.25, -0.2) is 9.59 Å². The molecule has 0 heterocycles. The quantitative estimate of drug-likeness (QED) is 0.0188. The van der Waals surface area contributed by atoms with Crippen molar-refractivity contribution in [3.63, 3.8) is 0 Å². The maximum atomic E-state index is 12.4. The lowest BCUT2D eigenvalue weighted by atomic mass is 10.0. The molecular weight excluding hydrogens is 927 g/mol. The Morgan fingerprint density at radius 2 is 1.15 bits per heavy atom. The highest BCUT2D eigenvalue weighted by Crippen LogP contribution is 2.19. The van der Waals surface area contributed by atoms with Crippen LogP contribution in [0.15, 0.2) is 24.3 Å². The van der Waals surface area contributed by atoms with E-state index in [0.29, 0.717) is 51.6 Å². The Balaban J connectivity index is 2.08. The lowest BCUT2D eigenvalue weighted by Gasteiger charge is -2.31. The van der Waals surface area contributed by atoms with Crippen LogP contribution in [-0.4, -0.2) is 136 Å². The van der Waals surface area contributed by atoms with E-state index in [1.807, 2.05) is 0 Å². The van der Waals surface area contributed by atoms with E-state index in [1.165, 1.54) is 82.8 Å². The van der Waals surface area contributed by atoms with Gasteiger partial charge in [0.05, 0.1) is 57.9 Å². The molecule has 1 aromatic carbocycles. The van der Waals surface area contributed by atoms with Gasteiger partial charge < -0.3 is 60.4 Å². The largest absolute Gasteiger partial charge is 0.494 e. The summed E-state index contributed by atoms with van der Waals surface area (Å²) in [4.78, 5) is 70.4. The van der Waals surface area contributed by atoms with Gasteiger partial charge in [0.15, 0.2) is 0 Å². The fourth-order valence-corrected chi connectivity index (χ4v) is 7.87. The van der Waals surface area contributed by atoms with Crippen molar-refractivity contribution in [3.8, 4) is 5.75 Å². The van der Waals surface area contributed by atoms with Crippen molar-refractivity contribution >= 4 is 35.9 Å². The number of benzene rings is 1. The predicted molar refractivity (Wildman–Crippen MR) is 279 cm³/mol. The molecule has 0 aliphatic rings. The standard InChI is InChI=1S/C54H95N5O13/c1-3-4-5-6-7-8-9-10-11-14-17-21-32-54(2,58-33-22-20-24-46(55)43-60)72-42-41-69-38-35-57-51(63)44-70-40-39-68-37-34-56-49(61)31-30-48(53(66)67)59-50(62)25-19-16-13-12-15-18-23-36-71-47-28-26-45(27-29-47)52(64)65/h26-29,43,46,48,58H,3-25,30-42,44,55H2,1-2H3,(H,56,61)(H,57,63)(H,59,62)(H,64,65)(H,66,67)/t46-,48-,54?/m0/s1. The summed E-state index contributed by atoms with van der Waals surface area (Å²) in [6.07, 6.45) is 26.1. The minimum absolute atomic E-state index is 0.0403. The second kappa shape index (κ2) is 45.4. The minimum Gasteiger partial charge on any atom is -0.494 e. The van der Waals surface area contributed by atoms with E-state index in [9.17, 15) is 33.9 Å². The van der Waals surface area contributed by atoms with E-state index >= 15 is 0 Å². The number of carboxylic acids is 2. The number of hydrogen-bond donors (Lipinski definition) is 7. The fourth-order valence-electron chi connectivity index (χ4n) is 7.87. The molecule has 0 saturated carbocycles. The number of carboxylic acid groups (broad SMARTS) is 2. The van der Waals surface area contributed by atoms with Crippen LogP contribution in [-0.2, 0) is 42.9 Å². The predicted octanol–water partition coefficient (Wildman–Crippen LogP) is 7.63. The number of aromatic carboxylic acids is 1. The second-order valence-electron chi connectivity index (χ2n) is 18.8. The third-order valence-electron chi connectivity index (χ3n) is 12.2. The number of rotatable bonds is 52. The van der Waals surface area contributed by atoms with Crippen LogP contribution in [0.4, 0.5) is 0 Å². The highest BCUT2D eigenvalue weighted by Gasteiger charge is 2.24. The Hall–Kier alpha value is -4.20. The van der Waals surface area contributed by atoms with Gasteiger partial charge in [0.2, 0.25) is 17.7 Å². The van der Waals surface area contributed by atoms with E-state index in [4.69, 9.17) is 34.5 Å². The van der Waals surface area contributed by atoms with E-state index in [0.717, 1.165) is 77.0 Å². The third-order valence-corrected chi connectivity index (χ3v) is 12.2. The molecule has 0 radical (unpaired) electrons. The average molecular weight is 1020 g/mol. The number of carbonyl (C=O) groups is 6.